The Kier molecular flexibility index (Phi) is 5.69. The molecule has 3 aromatic rings. The summed E-state index contributed by atoms with van der Waals surface area (Å²) in [5, 5.41) is 11.3. The fraction of sp³-hybridized carbons (Fsp3) is 0.190. The maximum absolute atomic E-state index is 14.0. The van der Waals surface area contributed by atoms with Crippen molar-refractivity contribution >= 4 is 29.0 Å². The van der Waals surface area contributed by atoms with Crippen LogP contribution in [0.1, 0.15) is 10.4 Å². The summed E-state index contributed by atoms with van der Waals surface area (Å²) < 4.78 is 19.3. The van der Waals surface area contributed by atoms with Crippen molar-refractivity contribution < 1.29 is 13.9 Å². The number of nitrogens with one attached hydrogen (secondary N) is 1. The molecular formula is C21H18ClFN4O2. The van der Waals surface area contributed by atoms with E-state index >= 15 is 0 Å². The van der Waals surface area contributed by atoms with Gasteiger partial charge in [-0.15, -0.1) is 10.2 Å². The highest BCUT2D eigenvalue weighted by atomic mass is 35.5. The summed E-state index contributed by atoms with van der Waals surface area (Å²) in [5.41, 5.74) is 1.77. The Labute approximate surface area is 172 Å². The number of hydrogen-bond acceptors (Lipinski definition) is 5. The molecule has 1 amide bonds. The summed E-state index contributed by atoms with van der Waals surface area (Å²) >= 11 is 5.97. The fourth-order valence-electron chi connectivity index (χ4n) is 3.10. The maximum atomic E-state index is 14.0. The van der Waals surface area contributed by atoms with Gasteiger partial charge in [0.2, 0.25) is 0 Å². The van der Waals surface area contributed by atoms with E-state index < -0.39 is 11.7 Å². The molecule has 0 atom stereocenters. The quantitative estimate of drug-likeness (QED) is 0.700. The van der Waals surface area contributed by atoms with Crippen LogP contribution in [0.15, 0.2) is 54.6 Å². The molecule has 0 unspecified atom stereocenters. The van der Waals surface area contributed by atoms with E-state index in [1.807, 2.05) is 18.2 Å². The van der Waals surface area contributed by atoms with Gasteiger partial charge in [-0.2, -0.15) is 0 Å². The van der Waals surface area contributed by atoms with Crippen molar-refractivity contribution in [3.8, 4) is 11.3 Å². The maximum Gasteiger partial charge on any atom is 0.260 e. The molecule has 8 heteroatoms. The number of anilines is 2. The Morgan fingerprint density at radius 3 is 2.59 bits per heavy atom. The largest absolute Gasteiger partial charge is 0.378 e. The number of aromatic nitrogens is 2. The Morgan fingerprint density at radius 2 is 1.86 bits per heavy atom. The molecule has 4 rings (SSSR count). The second-order valence-electron chi connectivity index (χ2n) is 6.51. The molecule has 0 radical (unpaired) electrons. The molecule has 0 aliphatic carbocycles. The molecule has 6 nitrogen and oxygen atoms in total. The van der Waals surface area contributed by atoms with Gasteiger partial charge in [-0.25, -0.2) is 4.39 Å². The third-order valence-electron chi connectivity index (χ3n) is 4.59. The van der Waals surface area contributed by atoms with E-state index in [2.05, 4.69) is 20.4 Å². The molecule has 1 saturated heterocycles. The van der Waals surface area contributed by atoms with Crippen molar-refractivity contribution in [3.05, 3.63) is 71.0 Å². The van der Waals surface area contributed by atoms with E-state index in [1.54, 1.807) is 18.2 Å². The minimum Gasteiger partial charge on any atom is -0.378 e. The zero-order valence-electron chi connectivity index (χ0n) is 15.4. The molecule has 0 spiro atoms. The Bertz CT molecular complexity index is 1000. The smallest absolute Gasteiger partial charge is 0.260 e. The summed E-state index contributed by atoms with van der Waals surface area (Å²) in [6, 6.07) is 15.0. The standard InChI is InChI=1S/C21H18ClFN4O2/c22-16-5-2-6-17(23)20(16)21(28)24-15-4-1-3-14(13-15)18-7-8-19(26-25-18)27-9-11-29-12-10-27/h1-8,13H,9-12H2,(H,24,28). The predicted molar refractivity (Wildman–Crippen MR) is 110 cm³/mol. The topological polar surface area (TPSA) is 67.4 Å². The number of benzene rings is 2. The van der Waals surface area contributed by atoms with Gasteiger partial charge in [-0.1, -0.05) is 29.8 Å². The van der Waals surface area contributed by atoms with Crippen molar-refractivity contribution in [2.45, 2.75) is 0 Å². The molecule has 0 bridgehead atoms. The Hall–Kier alpha value is -3.03. The second kappa shape index (κ2) is 8.55. The number of carbonyl (C=O) groups excluding carboxylic acids is 1. The van der Waals surface area contributed by atoms with Crippen molar-refractivity contribution in [1.29, 1.82) is 0 Å². The van der Waals surface area contributed by atoms with Crippen LogP contribution in [-0.4, -0.2) is 42.4 Å². The first-order valence-corrected chi connectivity index (χ1v) is 9.52. The lowest BCUT2D eigenvalue weighted by atomic mass is 10.1. The molecule has 1 N–H and O–H groups in total. The van der Waals surface area contributed by atoms with Gasteiger partial charge >= 0.3 is 0 Å². The van der Waals surface area contributed by atoms with Crippen LogP contribution in [0.5, 0.6) is 0 Å². The minimum absolute atomic E-state index is 0.0585. The lowest BCUT2D eigenvalue weighted by Crippen LogP contribution is -2.36. The van der Waals surface area contributed by atoms with Crippen LogP contribution in [0.2, 0.25) is 5.02 Å². The molecule has 0 saturated carbocycles. The molecule has 1 aliphatic heterocycles. The molecule has 1 aromatic heterocycles. The monoisotopic (exact) mass is 412 g/mol. The highest BCUT2D eigenvalue weighted by molar-refractivity contribution is 6.34. The van der Waals surface area contributed by atoms with Crippen molar-refractivity contribution in [2.24, 2.45) is 0 Å². The minimum atomic E-state index is -0.671. The van der Waals surface area contributed by atoms with Crippen molar-refractivity contribution in [1.82, 2.24) is 10.2 Å². The van der Waals surface area contributed by atoms with Gasteiger partial charge in [0.1, 0.15) is 5.82 Å². The van der Waals surface area contributed by atoms with E-state index in [-0.39, 0.29) is 10.6 Å². The molecule has 2 heterocycles. The van der Waals surface area contributed by atoms with Gasteiger partial charge in [0.05, 0.1) is 29.5 Å². The number of amides is 1. The van der Waals surface area contributed by atoms with Gasteiger partial charge in [0.15, 0.2) is 5.82 Å². The molecule has 148 valence electrons. The number of ether oxygens (including phenoxy) is 1. The van der Waals surface area contributed by atoms with Crippen LogP contribution >= 0.6 is 11.6 Å². The third-order valence-corrected chi connectivity index (χ3v) is 4.91. The summed E-state index contributed by atoms with van der Waals surface area (Å²) in [6.45, 7) is 2.93. The SMILES string of the molecule is O=C(Nc1cccc(-c2ccc(N3CCOCC3)nn2)c1)c1c(F)cccc1Cl. The highest BCUT2D eigenvalue weighted by Gasteiger charge is 2.16. The lowest BCUT2D eigenvalue weighted by Gasteiger charge is -2.27. The number of hydrogen-bond donors (Lipinski definition) is 1. The lowest BCUT2D eigenvalue weighted by molar-refractivity contribution is 0.102. The average Bonchev–Trinajstić information content (AvgIpc) is 2.74. The van der Waals surface area contributed by atoms with E-state index in [1.165, 1.54) is 18.2 Å². The summed E-state index contributed by atoms with van der Waals surface area (Å²) in [5.74, 6) is -0.481. The van der Waals surface area contributed by atoms with Gasteiger partial charge < -0.3 is 15.0 Å². The molecule has 29 heavy (non-hydrogen) atoms. The van der Waals surface area contributed by atoms with Gasteiger partial charge in [0, 0.05) is 24.3 Å². The third kappa shape index (κ3) is 4.36. The van der Waals surface area contributed by atoms with E-state index in [0.29, 0.717) is 24.6 Å². The fourth-order valence-corrected chi connectivity index (χ4v) is 3.35. The second-order valence-corrected chi connectivity index (χ2v) is 6.91. The average molecular weight is 413 g/mol. The van der Waals surface area contributed by atoms with E-state index in [4.69, 9.17) is 16.3 Å². The number of nitrogens with zero attached hydrogens (tertiary/aromatic N) is 3. The number of rotatable bonds is 4. The normalized spacial score (nSPS) is 13.9. The molecule has 1 fully saturated rings. The predicted octanol–water partition coefficient (Wildman–Crippen LogP) is 4.03. The van der Waals surface area contributed by atoms with Crippen LogP contribution in [-0.2, 0) is 4.74 Å². The van der Waals surface area contributed by atoms with Crippen molar-refractivity contribution in [2.75, 3.05) is 36.5 Å². The van der Waals surface area contributed by atoms with Crippen LogP contribution in [0.4, 0.5) is 15.9 Å². The first-order valence-electron chi connectivity index (χ1n) is 9.14. The van der Waals surface area contributed by atoms with E-state index in [9.17, 15) is 9.18 Å². The number of halogens is 2. The summed E-state index contributed by atoms with van der Waals surface area (Å²) in [6.07, 6.45) is 0. The molecule has 1 aliphatic rings. The van der Waals surface area contributed by atoms with Crippen LogP contribution in [0, 0.1) is 5.82 Å². The van der Waals surface area contributed by atoms with E-state index in [0.717, 1.165) is 24.5 Å². The highest BCUT2D eigenvalue weighted by Crippen LogP contribution is 2.24. The van der Waals surface area contributed by atoms with Crippen LogP contribution in [0.25, 0.3) is 11.3 Å². The number of carbonyl (C=O) groups is 1. The Morgan fingerprint density at radius 1 is 1.07 bits per heavy atom. The first kappa shape index (κ1) is 19.3. The Balaban J connectivity index is 1.52. The first-order chi connectivity index (χ1) is 14.1. The van der Waals surface area contributed by atoms with Gasteiger partial charge in [-0.05, 0) is 36.4 Å². The van der Waals surface area contributed by atoms with Crippen molar-refractivity contribution in [3.63, 3.8) is 0 Å². The summed E-state index contributed by atoms with van der Waals surface area (Å²) in [7, 11) is 0. The zero-order valence-corrected chi connectivity index (χ0v) is 16.2. The molecular weight excluding hydrogens is 395 g/mol. The van der Waals surface area contributed by atoms with Gasteiger partial charge in [0.25, 0.3) is 5.91 Å². The van der Waals surface area contributed by atoms with Crippen LogP contribution in [0.3, 0.4) is 0 Å². The zero-order chi connectivity index (χ0) is 20.2. The molecule has 2 aromatic carbocycles. The summed E-state index contributed by atoms with van der Waals surface area (Å²) in [4.78, 5) is 14.6. The number of morpholine rings is 1. The van der Waals surface area contributed by atoms with Crippen LogP contribution < -0.4 is 10.2 Å². The van der Waals surface area contributed by atoms with Gasteiger partial charge in [-0.3, -0.25) is 4.79 Å².